The van der Waals surface area contributed by atoms with Crippen molar-refractivity contribution in [3.8, 4) is 16.9 Å². The van der Waals surface area contributed by atoms with Crippen LogP contribution in [0.4, 0.5) is 0 Å². The molecule has 0 aliphatic heterocycles. The van der Waals surface area contributed by atoms with Crippen molar-refractivity contribution >= 4 is 16.6 Å². The van der Waals surface area contributed by atoms with E-state index in [0.29, 0.717) is 6.61 Å². The van der Waals surface area contributed by atoms with Crippen molar-refractivity contribution in [2.75, 3.05) is 20.2 Å². The molecule has 0 fully saturated rings. The van der Waals surface area contributed by atoms with Crippen LogP contribution < -0.4 is 15.6 Å². The molecule has 2 heterocycles. The SMILES string of the molecule is CCOc1ccccc1-c1cccc2nn3c(C(CC)CCNC)cc(=O)[nH]c3c12. The first kappa shape index (κ1) is 20.2. The van der Waals surface area contributed by atoms with E-state index in [-0.39, 0.29) is 11.5 Å². The van der Waals surface area contributed by atoms with Crippen molar-refractivity contribution in [2.24, 2.45) is 0 Å². The van der Waals surface area contributed by atoms with Crippen molar-refractivity contribution in [3.63, 3.8) is 0 Å². The first-order valence-corrected chi connectivity index (χ1v) is 10.6. The van der Waals surface area contributed by atoms with E-state index in [1.54, 1.807) is 6.07 Å². The maximum Gasteiger partial charge on any atom is 0.251 e. The van der Waals surface area contributed by atoms with Gasteiger partial charge in [0.05, 0.1) is 23.2 Å². The summed E-state index contributed by atoms with van der Waals surface area (Å²) in [5.74, 6) is 1.07. The van der Waals surface area contributed by atoms with Gasteiger partial charge in [-0.15, -0.1) is 0 Å². The number of aromatic nitrogens is 3. The van der Waals surface area contributed by atoms with Crippen LogP contribution in [-0.4, -0.2) is 34.8 Å². The van der Waals surface area contributed by atoms with Crippen molar-refractivity contribution in [2.45, 2.75) is 32.6 Å². The van der Waals surface area contributed by atoms with Gasteiger partial charge in [-0.1, -0.05) is 37.3 Å². The van der Waals surface area contributed by atoms with Gasteiger partial charge in [-0.3, -0.25) is 4.79 Å². The van der Waals surface area contributed by atoms with Crippen LogP contribution in [0.2, 0.25) is 0 Å². The Hall–Kier alpha value is -3.12. The van der Waals surface area contributed by atoms with Crippen molar-refractivity contribution in [3.05, 3.63) is 64.6 Å². The Morgan fingerprint density at radius 2 is 1.93 bits per heavy atom. The third kappa shape index (κ3) is 3.59. The molecule has 1 atom stereocenters. The molecule has 0 spiro atoms. The molecule has 0 amide bonds. The molecular formula is C24H28N4O2. The molecule has 0 radical (unpaired) electrons. The molecule has 0 saturated carbocycles. The molecule has 0 saturated heterocycles. The minimum atomic E-state index is -0.102. The highest BCUT2D eigenvalue weighted by Crippen LogP contribution is 2.37. The molecule has 2 aromatic carbocycles. The molecule has 6 heteroatoms. The Balaban J connectivity index is 2.00. The lowest BCUT2D eigenvalue weighted by molar-refractivity contribution is 0.341. The van der Waals surface area contributed by atoms with E-state index in [0.717, 1.165) is 58.5 Å². The zero-order valence-electron chi connectivity index (χ0n) is 17.7. The van der Waals surface area contributed by atoms with Crippen LogP contribution in [0, 0.1) is 0 Å². The van der Waals surface area contributed by atoms with Gasteiger partial charge in [-0.25, -0.2) is 4.52 Å². The second-order valence-electron chi connectivity index (χ2n) is 7.45. The second-order valence-corrected chi connectivity index (χ2v) is 7.45. The molecular weight excluding hydrogens is 376 g/mol. The summed E-state index contributed by atoms with van der Waals surface area (Å²) in [7, 11) is 1.95. The average molecular weight is 405 g/mol. The van der Waals surface area contributed by atoms with Crippen LogP contribution in [0.15, 0.2) is 53.3 Å². The van der Waals surface area contributed by atoms with Gasteiger partial charge >= 0.3 is 0 Å². The summed E-state index contributed by atoms with van der Waals surface area (Å²) in [6, 6.07) is 15.7. The average Bonchev–Trinajstić information content (AvgIpc) is 3.13. The number of ether oxygens (including phenoxy) is 1. The number of nitrogens with zero attached hydrogens (tertiary/aromatic N) is 2. The molecule has 156 valence electrons. The molecule has 0 bridgehead atoms. The predicted molar refractivity (Wildman–Crippen MR) is 121 cm³/mol. The van der Waals surface area contributed by atoms with Crippen LogP contribution in [-0.2, 0) is 0 Å². The lowest BCUT2D eigenvalue weighted by atomic mass is 9.97. The fraction of sp³-hybridized carbons (Fsp3) is 0.333. The highest BCUT2D eigenvalue weighted by Gasteiger charge is 2.20. The minimum absolute atomic E-state index is 0.102. The molecule has 4 rings (SSSR count). The summed E-state index contributed by atoms with van der Waals surface area (Å²) in [5.41, 5.74) is 4.43. The number of H-pyrrole nitrogens is 1. The van der Waals surface area contributed by atoms with E-state index >= 15 is 0 Å². The monoisotopic (exact) mass is 404 g/mol. The van der Waals surface area contributed by atoms with E-state index in [9.17, 15) is 4.79 Å². The lowest BCUT2D eigenvalue weighted by Crippen LogP contribution is -2.18. The summed E-state index contributed by atoms with van der Waals surface area (Å²) in [6.07, 6.45) is 1.89. The van der Waals surface area contributed by atoms with E-state index in [1.807, 2.05) is 54.9 Å². The maximum absolute atomic E-state index is 12.6. The first-order valence-electron chi connectivity index (χ1n) is 10.6. The van der Waals surface area contributed by atoms with Crippen LogP contribution in [0.3, 0.4) is 0 Å². The topological polar surface area (TPSA) is 71.4 Å². The number of rotatable bonds is 8. The van der Waals surface area contributed by atoms with Gasteiger partial charge in [0.25, 0.3) is 5.56 Å². The summed E-state index contributed by atoms with van der Waals surface area (Å²) in [5, 5.41) is 9.03. The predicted octanol–water partition coefficient (Wildman–Crippen LogP) is 4.34. The third-order valence-corrected chi connectivity index (χ3v) is 5.59. The summed E-state index contributed by atoms with van der Waals surface area (Å²) < 4.78 is 7.79. The van der Waals surface area contributed by atoms with Gasteiger partial charge in [0.1, 0.15) is 11.4 Å². The largest absolute Gasteiger partial charge is 0.493 e. The van der Waals surface area contributed by atoms with Crippen molar-refractivity contribution in [1.29, 1.82) is 0 Å². The van der Waals surface area contributed by atoms with Gasteiger partial charge in [-0.05, 0) is 51.1 Å². The van der Waals surface area contributed by atoms with Crippen LogP contribution >= 0.6 is 0 Å². The summed E-state index contributed by atoms with van der Waals surface area (Å²) in [6.45, 7) is 5.61. The number of benzene rings is 2. The summed E-state index contributed by atoms with van der Waals surface area (Å²) in [4.78, 5) is 15.7. The molecule has 2 aromatic heterocycles. The first-order chi connectivity index (χ1) is 14.7. The number of para-hydroxylation sites is 1. The molecule has 1 unspecified atom stereocenters. The summed E-state index contributed by atoms with van der Waals surface area (Å²) >= 11 is 0. The quantitative estimate of drug-likeness (QED) is 0.458. The van der Waals surface area contributed by atoms with Gasteiger partial charge in [-0.2, -0.15) is 5.10 Å². The van der Waals surface area contributed by atoms with Gasteiger partial charge in [0, 0.05) is 17.5 Å². The zero-order chi connectivity index (χ0) is 21.1. The molecule has 30 heavy (non-hydrogen) atoms. The Morgan fingerprint density at radius 1 is 1.13 bits per heavy atom. The number of hydrogen-bond donors (Lipinski definition) is 2. The highest BCUT2D eigenvalue weighted by molar-refractivity contribution is 6.04. The number of nitrogens with one attached hydrogen (secondary N) is 2. The molecule has 0 aliphatic rings. The van der Waals surface area contributed by atoms with E-state index in [4.69, 9.17) is 9.84 Å². The Labute approximate surface area is 175 Å². The van der Waals surface area contributed by atoms with Gasteiger partial charge < -0.3 is 15.0 Å². The van der Waals surface area contributed by atoms with Crippen molar-refractivity contribution in [1.82, 2.24) is 19.9 Å². The maximum atomic E-state index is 12.6. The second kappa shape index (κ2) is 8.71. The molecule has 0 aliphatic carbocycles. The Bertz CT molecular complexity index is 1230. The normalized spacial score (nSPS) is 12.5. The van der Waals surface area contributed by atoms with Crippen LogP contribution in [0.1, 0.15) is 38.3 Å². The fourth-order valence-electron chi connectivity index (χ4n) is 4.15. The fourth-order valence-corrected chi connectivity index (χ4v) is 4.15. The Morgan fingerprint density at radius 3 is 2.70 bits per heavy atom. The molecule has 4 aromatic rings. The molecule has 2 N–H and O–H groups in total. The van der Waals surface area contributed by atoms with Crippen molar-refractivity contribution < 1.29 is 4.74 Å². The third-order valence-electron chi connectivity index (χ3n) is 5.59. The minimum Gasteiger partial charge on any atom is -0.493 e. The number of hydrogen-bond acceptors (Lipinski definition) is 4. The van der Waals surface area contributed by atoms with E-state index in [1.165, 1.54) is 0 Å². The molecule has 6 nitrogen and oxygen atoms in total. The van der Waals surface area contributed by atoms with Gasteiger partial charge in [0.2, 0.25) is 0 Å². The number of fused-ring (bicyclic) bond motifs is 3. The lowest BCUT2D eigenvalue weighted by Gasteiger charge is -2.16. The highest BCUT2D eigenvalue weighted by atomic mass is 16.5. The standard InChI is InChI=1S/C24H28N4O2/c1-4-16(13-14-25-3)20-15-22(29)26-24-23-18(10-8-11-19(23)27-28(20)24)17-9-6-7-12-21(17)30-5-2/h6-12,15-16,25H,4-5,13-14H2,1-3H3,(H,26,29). The smallest absolute Gasteiger partial charge is 0.251 e. The number of aromatic amines is 1. The van der Waals surface area contributed by atoms with Crippen LogP contribution in [0.25, 0.3) is 27.7 Å². The zero-order valence-corrected chi connectivity index (χ0v) is 17.7. The van der Waals surface area contributed by atoms with Crippen LogP contribution in [0.5, 0.6) is 5.75 Å². The Kier molecular flexibility index (Phi) is 5.86. The van der Waals surface area contributed by atoms with E-state index < -0.39 is 0 Å². The van der Waals surface area contributed by atoms with E-state index in [2.05, 4.69) is 23.3 Å². The van der Waals surface area contributed by atoms with Gasteiger partial charge in [0.15, 0.2) is 0 Å².